The van der Waals surface area contributed by atoms with Crippen molar-refractivity contribution in [3.8, 4) is 0 Å². The summed E-state index contributed by atoms with van der Waals surface area (Å²) in [5.41, 5.74) is -0.231. The monoisotopic (exact) mass is 447 g/mol. The molecule has 0 spiro atoms. The first-order chi connectivity index (χ1) is 14.4. The number of ether oxygens (including phenoxy) is 1. The minimum Gasteiger partial charge on any atom is -0.512 e. The molecule has 0 fully saturated rings. The van der Waals surface area contributed by atoms with Gasteiger partial charge in [-0.3, -0.25) is 14.8 Å². The van der Waals surface area contributed by atoms with Gasteiger partial charge < -0.3 is 9.84 Å². The summed E-state index contributed by atoms with van der Waals surface area (Å²) in [6, 6.07) is 8.42. The number of aliphatic hydroxyl groups is 1. The van der Waals surface area contributed by atoms with Crippen molar-refractivity contribution in [2.24, 2.45) is 0 Å². The molecule has 2 heterocycles. The van der Waals surface area contributed by atoms with Gasteiger partial charge in [-0.25, -0.2) is 9.78 Å². The van der Waals surface area contributed by atoms with Gasteiger partial charge in [-0.05, 0) is 37.6 Å². The van der Waals surface area contributed by atoms with Crippen LogP contribution >= 0.6 is 0 Å². The predicted molar refractivity (Wildman–Crippen MR) is 111 cm³/mol. The summed E-state index contributed by atoms with van der Waals surface area (Å²) < 4.78 is 32.9. The van der Waals surface area contributed by atoms with Crippen LogP contribution in [0.25, 0.3) is 0 Å². The highest BCUT2D eigenvalue weighted by Gasteiger charge is 2.37. The van der Waals surface area contributed by atoms with Crippen LogP contribution in [0.5, 0.6) is 0 Å². The van der Waals surface area contributed by atoms with Crippen LogP contribution in [0.2, 0.25) is 0 Å². The molecule has 2 aromatic rings. The molecule has 1 aliphatic heterocycles. The van der Waals surface area contributed by atoms with Gasteiger partial charge in [0, 0.05) is 24.1 Å². The van der Waals surface area contributed by atoms with E-state index in [0.29, 0.717) is 5.56 Å². The zero-order valence-corrected chi connectivity index (χ0v) is 17.8. The largest absolute Gasteiger partial charge is 0.512 e. The number of esters is 1. The van der Waals surface area contributed by atoms with Crippen LogP contribution in [0.3, 0.4) is 0 Å². The maximum atomic E-state index is 12.6. The Bertz CT molecular complexity index is 1170. The minimum absolute atomic E-state index is 0.0604. The zero-order chi connectivity index (χ0) is 23.0. The first-order valence-electron chi connectivity index (χ1n) is 9.28. The molecule has 11 heteroatoms. The summed E-state index contributed by atoms with van der Waals surface area (Å²) in [5.74, 6) is -1.23. The van der Waals surface area contributed by atoms with Crippen LogP contribution in [0.1, 0.15) is 38.7 Å². The number of benzene rings is 1. The number of carbonyl (C=O) groups excluding carboxylic acids is 1. The second-order valence-electron chi connectivity index (χ2n) is 7.75. The Balaban J connectivity index is 1.86. The number of cyclic esters (lactones) is 1. The Hall–Kier alpha value is -3.47. The maximum absolute atomic E-state index is 12.6. The predicted octanol–water partition coefficient (Wildman–Crippen LogP) is 3.43. The minimum atomic E-state index is -4.10. The van der Waals surface area contributed by atoms with Crippen LogP contribution < -0.4 is 4.72 Å². The Morgan fingerprint density at radius 3 is 2.58 bits per heavy atom. The molecule has 1 aromatic heterocycles. The molecule has 0 aliphatic carbocycles. The van der Waals surface area contributed by atoms with Gasteiger partial charge in [-0.15, -0.1) is 0 Å². The van der Waals surface area contributed by atoms with E-state index in [4.69, 9.17) is 4.74 Å². The van der Waals surface area contributed by atoms with Gasteiger partial charge in [-0.1, -0.05) is 19.1 Å². The third kappa shape index (κ3) is 4.82. The lowest BCUT2D eigenvalue weighted by molar-refractivity contribution is -0.385. The standard InChI is InChI=1S/C20H21N3O7S/c1-12(18-16(24)10-20(2,3)30-19(18)25)13-5-4-6-14(9-13)22-31(28,29)17-8-7-15(11-21-17)23(26)27/h4-9,11-12,22,24H,10H2,1-3H3. The lowest BCUT2D eigenvalue weighted by Crippen LogP contribution is -2.35. The first kappa shape index (κ1) is 22.2. The summed E-state index contributed by atoms with van der Waals surface area (Å²) in [4.78, 5) is 26.1. The van der Waals surface area contributed by atoms with E-state index in [1.807, 2.05) is 0 Å². The van der Waals surface area contributed by atoms with Gasteiger partial charge in [0.1, 0.15) is 17.6 Å². The van der Waals surface area contributed by atoms with E-state index in [1.54, 1.807) is 32.9 Å². The molecule has 0 amide bonds. The smallest absolute Gasteiger partial charge is 0.338 e. The number of hydrogen-bond donors (Lipinski definition) is 2. The highest BCUT2D eigenvalue weighted by atomic mass is 32.2. The highest BCUT2D eigenvalue weighted by Crippen LogP contribution is 2.36. The van der Waals surface area contributed by atoms with Gasteiger partial charge >= 0.3 is 5.97 Å². The van der Waals surface area contributed by atoms with E-state index in [-0.39, 0.29) is 34.2 Å². The first-order valence-corrected chi connectivity index (χ1v) is 10.8. The van der Waals surface area contributed by atoms with Gasteiger partial charge in [0.15, 0.2) is 5.03 Å². The van der Waals surface area contributed by atoms with Crippen molar-refractivity contribution in [3.63, 3.8) is 0 Å². The van der Waals surface area contributed by atoms with E-state index in [1.165, 1.54) is 12.1 Å². The fourth-order valence-electron chi connectivity index (χ4n) is 3.27. The Morgan fingerprint density at radius 2 is 2.00 bits per heavy atom. The number of nitrogens with zero attached hydrogens (tertiary/aromatic N) is 2. The number of aliphatic hydroxyl groups excluding tert-OH is 1. The van der Waals surface area contributed by atoms with Crippen molar-refractivity contribution in [3.05, 3.63) is 69.6 Å². The van der Waals surface area contributed by atoms with Crippen LogP contribution in [0, 0.1) is 10.1 Å². The number of nitro groups is 1. The molecule has 31 heavy (non-hydrogen) atoms. The Labute approximate surface area is 178 Å². The molecule has 1 aromatic carbocycles. The lowest BCUT2D eigenvalue weighted by atomic mass is 9.87. The molecule has 1 aliphatic rings. The molecule has 2 N–H and O–H groups in total. The van der Waals surface area contributed by atoms with Crippen molar-refractivity contribution in [2.45, 2.75) is 43.7 Å². The van der Waals surface area contributed by atoms with Crippen LogP contribution in [-0.4, -0.2) is 35.0 Å². The average Bonchev–Trinajstić information content (AvgIpc) is 2.66. The summed E-state index contributed by atoms with van der Waals surface area (Å²) in [5, 5.41) is 20.7. The maximum Gasteiger partial charge on any atom is 0.338 e. The van der Waals surface area contributed by atoms with Crippen molar-refractivity contribution in [1.29, 1.82) is 0 Å². The Kier molecular flexibility index (Phi) is 5.72. The number of hydrogen-bond acceptors (Lipinski definition) is 8. The Morgan fingerprint density at radius 1 is 1.29 bits per heavy atom. The van der Waals surface area contributed by atoms with E-state index in [0.717, 1.165) is 18.3 Å². The molecule has 1 unspecified atom stereocenters. The number of pyridine rings is 1. The molecular weight excluding hydrogens is 426 g/mol. The van der Waals surface area contributed by atoms with Gasteiger partial charge in [0.2, 0.25) is 0 Å². The van der Waals surface area contributed by atoms with Gasteiger partial charge in [0.05, 0.1) is 10.5 Å². The van der Waals surface area contributed by atoms with Crippen molar-refractivity contribution >= 4 is 27.4 Å². The summed E-state index contributed by atoms with van der Waals surface area (Å²) in [7, 11) is -4.10. The van der Waals surface area contributed by atoms with E-state index in [9.17, 15) is 28.4 Å². The van der Waals surface area contributed by atoms with Crippen LogP contribution in [0.4, 0.5) is 11.4 Å². The molecule has 0 saturated carbocycles. The summed E-state index contributed by atoms with van der Waals surface area (Å²) in [6.07, 6.45) is 1.04. The molecule has 10 nitrogen and oxygen atoms in total. The SMILES string of the molecule is CC(C1=C(O)CC(C)(C)OC1=O)c1cccc(NS(=O)(=O)c2ccc([N+](=O)[O-])cn2)c1. The molecule has 164 valence electrons. The third-order valence-corrected chi connectivity index (χ3v) is 6.07. The van der Waals surface area contributed by atoms with Crippen molar-refractivity contribution in [2.75, 3.05) is 4.72 Å². The topological polar surface area (TPSA) is 149 Å². The number of rotatable bonds is 6. The van der Waals surface area contributed by atoms with Crippen LogP contribution in [0.15, 0.2) is 59.0 Å². The van der Waals surface area contributed by atoms with E-state index in [2.05, 4.69) is 9.71 Å². The van der Waals surface area contributed by atoms with E-state index >= 15 is 0 Å². The number of nitrogens with one attached hydrogen (secondary N) is 1. The third-order valence-electron chi connectivity index (χ3n) is 4.77. The quantitative estimate of drug-likeness (QED) is 0.389. The molecule has 0 saturated heterocycles. The fourth-order valence-corrected chi connectivity index (χ4v) is 4.25. The second kappa shape index (κ2) is 7.99. The highest BCUT2D eigenvalue weighted by molar-refractivity contribution is 7.92. The molecule has 0 bridgehead atoms. The van der Waals surface area contributed by atoms with E-state index < -0.39 is 32.4 Å². The average molecular weight is 447 g/mol. The number of carbonyl (C=O) groups is 1. The molecule has 3 rings (SSSR count). The zero-order valence-electron chi connectivity index (χ0n) is 17.0. The number of aromatic nitrogens is 1. The normalized spacial score (nSPS) is 17.1. The fraction of sp³-hybridized carbons (Fsp3) is 0.300. The molecule has 0 radical (unpaired) electrons. The number of sulfonamides is 1. The summed E-state index contributed by atoms with van der Waals surface area (Å²) in [6.45, 7) is 5.10. The molecule has 1 atom stereocenters. The molecular formula is C20H21N3O7S. The van der Waals surface area contributed by atoms with Gasteiger partial charge in [0.25, 0.3) is 15.7 Å². The lowest BCUT2D eigenvalue weighted by Gasteiger charge is -2.32. The second-order valence-corrected chi connectivity index (χ2v) is 9.38. The van der Waals surface area contributed by atoms with Crippen molar-refractivity contribution < 1.29 is 28.0 Å². The van der Waals surface area contributed by atoms with Crippen molar-refractivity contribution in [1.82, 2.24) is 4.98 Å². The van der Waals surface area contributed by atoms with Crippen LogP contribution in [-0.2, 0) is 19.6 Å². The summed E-state index contributed by atoms with van der Waals surface area (Å²) >= 11 is 0. The number of anilines is 1. The van der Waals surface area contributed by atoms with Gasteiger partial charge in [-0.2, -0.15) is 8.42 Å².